The van der Waals surface area contributed by atoms with Gasteiger partial charge in [-0.1, -0.05) is 36.4 Å². The Hall–Kier alpha value is -3.48. The summed E-state index contributed by atoms with van der Waals surface area (Å²) in [5.41, 5.74) is 2.59. The molecule has 7 heteroatoms. The topological polar surface area (TPSA) is 74.3 Å². The number of rotatable bonds is 7. The lowest BCUT2D eigenvalue weighted by Crippen LogP contribution is -2.37. The molecular weight excluding hydrogens is 386 g/mol. The van der Waals surface area contributed by atoms with Gasteiger partial charge in [0.1, 0.15) is 0 Å². The van der Waals surface area contributed by atoms with E-state index in [4.69, 9.17) is 18.9 Å². The third-order valence-corrected chi connectivity index (χ3v) is 4.93. The lowest BCUT2D eigenvalue weighted by molar-refractivity contribution is -0.134. The predicted octanol–water partition coefficient (Wildman–Crippen LogP) is 3.19. The van der Waals surface area contributed by atoms with E-state index >= 15 is 0 Å². The van der Waals surface area contributed by atoms with E-state index in [-0.39, 0.29) is 18.1 Å². The van der Waals surface area contributed by atoms with Crippen LogP contribution in [0.5, 0.6) is 17.2 Å². The normalized spacial score (nSPS) is 13.3. The van der Waals surface area contributed by atoms with E-state index in [9.17, 15) is 9.59 Å². The van der Waals surface area contributed by atoms with Gasteiger partial charge in [0.05, 0.1) is 26.9 Å². The molecule has 2 aromatic carbocycles. The van der Waals surface area contributed by atoms with Crippen molar-refractivity contribution in [2.75, 3.05) is 41.0 Å². The van der Waals surface area contributed by atoms with Gasteiger partial charge in [0.15, 0.2) is 18.1 Å². The number of amides is 1. The van der Waals surface area contributed by atoms with Crippen molar-refractivity contribution in [3.63, 3.8) is 0 Å². The maximum absolute atomic E-state index is 12.5. The highest BCUT2D eigenvalue weighted by molar-refractivity contribution is 5.93. The fourth-order valence-corrected chi connectivity index (χ4v) is 3.31. The summed E-state index contributed by atoms with van der Waals surface area (Å²) in [6, 6.07) is 13.1. The molecule has 1 amide bonds. The molecule has 0 spiro atoms. The Balaban J connectivity index is 1.60. The zero-order chi connectivity index (χ0) is 21.5. The van der Waals surface area contributed by atoms with Crippen LogP contribution in [-0.2, 0) is 9.53 Å². The summed E-state index contributed by atoms with van der Waals surface area (Å²) in [6.45, 7) is 0.746. The number of hydrogen-bond acceptors (Lipinski definition) is 6. The van der Waals surface area contributed by atoms with E-state index in [1.165, 1.54) is 44.6 Å². The molecule has 1 aliphatic rings. The minimum absolute atomic E-state index is 0.210. The second-order valence-electron chi connectivity index (χ2n) is 6.68. The zero-order valence-corrected chi connectivity index (χ0v) is 17.3. The Morgan fingerprint density at radius 2 is 1.63 bits per heavy atom. The van der Waals surface area contributed by atoms with E-state index in [0.29, 0.717) is 30.3 Å². The fraction of sp³-hybridized carbons (Fsp3) is 0.304. The minimum Gasteiger partial charge on any atom is -0.493 e. The molecule has 0 atom stereocenters. The highest BCUT2D eigenvalue weighted by atomic mass is 16.5. The van der Waals surface area contributed by atoms with Gasteiger partial charge in [0.25, 0.3) is 5.91 Å². The summed E-state index contributed by atoms with van der Waals surface area (Å²) >= 11 is 0. The molecule has 0 radical (unpaired) electrons. The number of methoxy groups -OCH3 is 3. The van der Waals surface area contributed by atoms with Crippen molar-refractivity contribution in [3.8, 4) is 17.2 Å². The largest absolute Gasteiger partial charge is 0.493 e. The molecule has 30 heavy (non-hydrogen) atoms. The Bertz CT molecular complexity index is 913. The zero-order valence-electron chi connectivity index (χ0n) is 17.3. The summed E-state index contributed by atoms with van der Waals surface area (Å²) in [5, 5.41) is 0. The summed E-state index contributed by atoms with van der Waals surface area (Å²) < 4.78 is 21.0. The van der Waals surface area contributed by atoms with Crippen LogP contribution in [0.15, 0.2) is 48.5 Å². The molecule has 0 fully saturated rings. The first-order valence-corrected chi connectivity index (χ1v) is 9.56. The Kier molecular flexibility index (Phi) is 6.95. The van der Waals surface area contributed by atoms with Gasteiger partial charge in [0, 0.05) is 13.1 Å². The minimum atomic E-state index is -0.639. The molecule has 0 aromatic heterocycles. The smallest absolute Gasteiger partial charge is 0.338 e. The quantitative estimate of drug-likeness (QED) is 0.652. The van der Waals surface area contributed by atoms with Gasteiger partial charge >= 0.3 is 5.97 Å². The lowest BCUT2D eigenvalue weighted by atomic mass is 10.00. The van der Waals surface area contributed by atoms with Crippen LogP contribution in [-0.4, -0.2) is 57.8 Å². The van der Waals surface area contributed by atoms with Gasteiger partial charge in [-0.25, -0.2) is 4.79 Å². The molecule has 0 N–H and O–H groups in total. The van der Waals surface area contributed by atoms with E-state index < -0.39 is 5.97 Å². The molecule has 0 saturated heterocycles. The van der Waals surface area contributed by atoms with Crippen LogP contribution in [0.3, 0.4) is 0 Å². The van der Waals surface area contributed by atoms with Crippen LogP contribution < -0.4 is 14.2 Å². The number of nitrogens with zero attached hydrogens (tertiary/aromatic N) is 1. The molecule has 3 rings (SSSR count). The molecule has 0 unspecified atom stereocenters. The van der Waals surface area contributed by atoms with E-state index in [0.717, 1.165) is 6.42 Å². The Morgan fingerprint density at radius 3 is 2.17 bits per heavy atom. The van der Waals surface area contributed by atoms with Crippen molar-refractivity contribution in [1.82, 2.24) is 4.90 Å². The van der Waals surface area contributed by atoms with Crippen LogP contribution >= 0.6 is 0 Å². The second kappa shape index (κ2) is 9.82. The maximum atomic E-state index is 12.5. The maximum Gasteiger partial charge on any atom is 0.338 e. The number of esters is 1. The number of carbonyl (C=O) groups excluding carboxylic acids is 2. The second-order valence-corrected chi connectivity index (χ2v) is 6.68. The van der Waals surface area contributed by atoms with Crippen molar-refractivity contribution in [2.24, 2.45) is 0 Å². The van der Waals surface area contributed by atoms with Crippen molar-refractivity contribution in [2.45, 2.75) is 6.42 Å². The predicted molar refractivity (Wildman–Crippen MR) is 112 cm³/mol. The summed E-state index contributed by atoms with van der Waals surface area (Å²) in [4.78, 5) is 26.6. The number of ether oxygens (including phenoxy) is 4. The molecule has 7 nitrogen and oxygen atoms in total. The Labute approximate surface area is 175 Å². The number of benzene rings is 2. The van der Waals surface area contributed by atoms with Crippen LogP contribution in [0.25, 0.3) is 5.57 Å². The van der Waals surface area contributed by atoms with Crippen molar-refractivity contribution in [3.05, 3.63) is 59.7 Å². The molecule has 0 saturated carbocycles. The third-order valence-electron chi connectivity index (χ3n) is 4.93. The monoisotopic (exact) mass is 411 g/mol. The average molecular weight is 411 g/mol. The van der Waals surface area contributed by atoms with Crippen LogP contribution in [0.4, 0.5) is 0 Å². The molecule has 0 aliphatic carbocycles. The van der Waals surface area contributed by atoms with Crippen molar-refractivity contribution in [1.29, 1.82) is 0 Å². The van der Waals surface area contributed by atoms with Gasteiger partial charge in [-0.3, -0.25) is 4.79 Å². The van der Waals surface area contributed by atoms with Crippen LogP contribution in [0.1, 0.15) is 22.3 Å². The van der Waals surface area contributed by atoms with E-state index in [1.807, 2.05) is 24.3 Å². The molecule has 0 bridgehead atoms. The highest BCUT2D eigenvalue weighted by Gasteiger charge is 2.21. The molecule has 2 aromatic rings. The first-order valence-electron chi connectivity index (χ1n) is 9.56. The first kappa shape index (κ1) is 21.2. The van der Waals surface area contributed by atoms with E-state index in [1.54, 1.807) is 4.90 Å². The molecular formula is C23H25NO6. The van der Waals surface area contributed by atoms with Crippen molar-refractivity contribution < 1.29 is 28.5 Å². The lowest BCUT2D eigenvalue weighted by Gasteiger charge is -2.26. The van der Waals surface area contributed by atoms with Crippen molar-refractivity contribution >= 4 is 17.4 Å². The summed E-state index contributed by atoms with van der Waals surface area (Å²) in [7, 11) is 4.40. The summed E-state index contributed by atoms with van der Waals surface area (Å²) in [6.07, 6.45) is 2.80. The number of carbonyl (C=O) groups is 2. The van der Waals surface area contributed by atoms with Crippen LogP contribution in [0, 0.1) is 0 Å². The standard InChI is InChI=1S/C23H25NO6/c1-27-19-13-18(14-20(28-2)22(19)29-3)23(26)30-15-21(25)24-11-9-17(10-12-24)16-7-5-4-6-8-16/h4-9,13-14H,10-12,15H2,1-3H3. The van der Waals surface area contributed by atoms with Gasteiger partial charge in [-0.2, -0.15) is 0 Å². The first-order chi connectivity index (χ1) is 14.6. The molecule has 1 aliphatic heterocycles. The third kappa shape index (κ3) is 4.74. The van der Waals surface area contributed by atoms with Gasteiger partial charge in [-0.15, -0.1) is 0 Å². The van der Waals surface area contributed by atoms with Gasteiger partial charge in [0.2, 0.25) is 5.75 Å². The molecule has 158 valence electrons. The van der Waals surface area contributed by atoms with Gasteiger partial charge in [-0.05, 0) is 29.7 Å². The SMILES string of the molecule is COc1cc(C(=O)OCC(=O)N2CC=C(c3ccccc3)CC2)cc(OC)c1OC. The fourth-order valence-electron chi connectivity index (χ4n) is 3.31. The highest BCUT2D eigenvalue weighted by Crippen LogP contribution is 2.38. The number of hydrogen-bond donors (Lipinski definition) is 0. The van der Waals surface area contributed by atoms with Gasteiger partial charge < -0.3 is 23.8 Å². The molecule has 1 heterocycles. The average Bonchev–Trinajstić information content (AvgIpc) is 2.81. The summed E-state index contributed by atoms with van der Waals surface area (Å²) in [5.74, 6) is 0.177. The van der Waals surface area contributed by atoms with E-state index in [2.05, 4.69) is 12.1 Å². The van der Waals surface area contributed by atoms with Crippen LogP contribution in [0.2, 0.25) is 0 Å². The Morgan fingerprint density at radius 1 is 0.967 bits per heavy atom.